The second kappa shape index (κ2) is 11.8. The van der Waals surface area contributed by atoms with Crippen molar-refractivity contribution in [1.82, 2.24) is 15.2 Å². The van der Waals surface area contributed by atoms with Crippen LogP contribution in [0.3, 0.4) is 0 Å². The van der Waals surface area contributed by atoms with Crippen LogP contribution in [0.2, 0.25) is 0 Å². The van der Waals surface area contributed by atoms with Crippen LogP contribution in [0.5, 0.6) is 0 Å². The Bertz CT molecular complexity index is 1200. The molecular weight excluding hydrogens is 455 g/mol. The largest absolute Gasteiger partial charge is 0.368 e. The number of aromatic nitrogens is 1. The number of amides is 1. The van der Waals surface area contributed by atoms with Crippen molar-refractivity contribution in [1.29, 1.82) is 5.26 Å². The number of piperazine rings is 1. The summed E-state index contributed by atoms with van der Waals surface area (Å²) in [6.07, 6.45) is 1.78. The lowest BCUT2D eigenvalue weighted by molar-refractivity contribution is -0.118. The highest BCUT2D eigenvalue weighted by atomic mass is 19.1. The van der Waals surface area contributed by atoms with Crippen molar-refractivity contribution in [3.63, 3.8) is 0 Å². The van der Waals surface area contributed by atoms with E-state index in [1.165, 1.54) is 12.1 Å². The van der Waals surface area contributed by atoms with Crippen LogP contribution in [0.25, 0.3) is 0 Å². The molecule has 1 amide bonds. The van der Waals surface area contributed by atoms with Crippen molar-refractivity contribution in [3.8, 4) is 6.07 Å². The van der Waals surface area contributed by atoms with Gasteiger partial charge in [-0.25, -0.2) is 9.37 Å². The molecule has 1 saturated heterocycles. The molecule has 0 saturated carbocycles. The number of hydrogen-bond donors (Lipinski definition) is 2. The van der Waals surface area contributed by atoms with Crippen LogP contribution in [0.4, 0.5) is 15.9 Å². The molecule has 1 fully saturated rings. The zero-order valence-electron chi connectivity index (χ0n) is 20.6. The van der Waals surface area contributed by atoms with Crippen molar-refractivity contribution in [3.05, 3.63) is 89.4 Å². The second-order valence-electron chi connectivity index (χ2n) is 9.21. The van der Waals surface area contributed by atoms with Crippen LogP contribution < -0.4 is 15.5 Å². The van der Waals surface area contributed by atoms with Crippen LogP contribution in [-0.2, 0) is 4.79 Å². The summed E-state index contributed by atoms with van der Waals surface area (Å²) in [5.74, 6) is -0.196. The fourth-order valence-corrected chi connectivity index (χ4v) is 4.26. The summed E-state index contributed by atoms with van der Waals surface area (Å²) in [7, 11) is 2.11. The molecule has 0 bridgehead atoms. The van der Waals surface area contributed by atoms with Crippen LogP contribution in [0, 0.1) is 17.1 Å². The highest BCUT2D eigenvalue weighted by Gasteiger charge is 2.23. The van der Waals surface area contributed by atoms with E-state index in [1.54, 1.807) is 36.5 Å². The predicted molar refractivity (Wildman–Crippen MR) is 139 cm³/mol. The average molecular weight is 487 g/mol. The first-order valence-electron chi connectivity index (χ1n) is 12.1. The van der Waals surface area contributed by atoms with Crippen LogP contribution >= 0.6 is 0 Å². The fraction of sp³-hybridized carbons (Fsp3) is 0.321. The molecule has 1 aliphatic heterocycles. The Morgan fingerprint density at radius 2 is 1.83 bits per heavy atom. The molecular formula is C28H31FN6O. The topological polar surface area (TPSA) is 84.3 Å². The van der Waals surface area contributed by atoms with Gasteiger partial charge < -0.3 is 20.4 Å². The van der Waals surface area contributed by atoms with Gasteiger partial charge in [-0.05, 0) is 60.5 Å². The molecule has 0 aliphatic carbocycles. The Labute approximate surface area is 211 Å². The molecule has 36 heavy (non-hydrogen) atoms. The van der Waals surface area contributed by atoms with Crippen molar-refractivity contribution in [2.75, 3.05) is 50.0 Å². The molecule has 2 heterocycles. The summed E-state index contributed by atoms with van der Waals surface area (Å²) in [4.78, 5) is 22.3. The van der Waals surface area contributed by atoms with E-state index in [0.29, 0.717) is 23.5 Å². The minimum Gasteiger partial charge on any atom is -0.368 e. The smallest absolute Gasteiger partial charge is 0.247 e. The maximum Gasteiger partial charge on any atom is 0.247 e. The molecule has 0 spiro atoms. The molecule has 0 radical (unpaired) electrons. The van der Waals surface area contributed by atoms with E-state index in [-0.39, 0.29) is 11.8 Å². The minimum absolute atomic E-state index is 0.0719. The van der Waals surface area contributed by atoms with Crippen molar-refractivity contribution < 1.29 is 9.18 Å². The Kier molecular flexibility index (Phi) is 8.26. The van der Waals surface area contributed by atoms with Crippen LogP contribution in [0.1, 0.15) is 35.6 Å². The number of halogens is 1. The first-order valence-corrected chi connectivity index (χ1v) is 12.1. The Hall–Kier alpha value is -3.80. The van der Waals surface area contributed by atoms with Gasteiger partial charge >= 0.3 is 0 Å². The Morgan fingerprint density at radius 3 is 2.47 bits per heavy atom. The number of nitriles is 1. The first kappa shape index (κ1) is 25.3. The molecule has 2 N–H and O–H groups in total. The summed E-state index contributed by atoms with van der Waals surface area (Å²) < 4.78 is 14.0. The molecule has 4 rings (SSSR count). The number of hydrogen-bond acceptors (Lipinski definition) is 6. The minimum atomic E-state index is -0.763. The zero-order valence-corrected chi connectivity index (χ0v) is 20.6. The molecule has 2 atom stereocenters. The highest BCUT2D eigenvalue weighted by Crippen LogP contribution is 2.22. The number of benzene rings is 2. The Balaban J connectivity index is 1.44. The van der Waals surface area contributed by atoms with Gasteiger partial charge in [-0.1, -0.05) is 31.2 Å². The van der Waals surface area contributed by atoms with Crippen LogP contribution in [-0.4, -0.2) is 55.6 Å². The maximum absolute atomic E-state index is 14.0. The lowest BCUT2D eigenvalue weighted by Crippen LogP contribution is -2.44. The Morgan fingerprint density at radius 1 is 1.08 bits per heavy atom. The number of likely N-dealkylation sites (N-methyl/N-ethyl adjacent to an activating group) is 1. The van der Waals surface area contributed by atoms with E-state index in [0.717, 1.165) is 37.4 Å². The molecule has 186 valence electrons. The van der Waals surface area contributed by atoms with E-state index in [9.17, 15) is 9.18 Å². The number of carbonyl (C=O) groups is 1. The molecule has 1 aliphatic rings. The lowest BCUT2D eigenvalue weighted by Gasteiger charge is -2.33. The van der Waals surface area contributed by atoms with E-state index < -0.39 is 11.9 Å². The van der Waals surface area contributed by atoms with Crippen molar-refractivity contribution >= 4 is 17.4 Å². The number of nitrogens with zero attached hydrogens (tertiary/aromatic N) is 4. The fourth-order valence-electron chi connectivity index (χ4n) is 4.26. The van der Waals surface area contributed by atoms with Gasteiger partial charge in [0.2, 0.25) is 5.91 Å². The third kappa shape index (κ3) is 6.45. The standard InChI is InChI=1S/C28H31FN6O/c1-20(22-8-6-21(17-30)7-9-22)18-32-27(23-4-3-5-24(29)16-23)28(36)33-26-11-10-25(19-31-26)35-14-12-34(2)13-15-35/h3-11,16,19-20,27,32H,12-15,18H2,1-2H3,(H,31,33,36)/t20-,27-/m1/s1. The number of carbonyl (C=O) groups excluding carboxylic acids is 1. The molecule has 7 nitrogen and oxygen atoms in total. The van der Waals surface area contributed by atoms with Gasteiger partial charge in [0.25, 0.3) is 0 Å². The molecule has 8 heteroatoms. The van der Waals surface area contributed by atoms with E-state index in [1.807, 2.05) is 25.1 Å². The highest BCUT2D eigenvalue weighted by molar-refractivity contribution is 5.94. The zero-order chi connectivity index (χ0) is 25.5. The molecule has 0 unspecified atom stereocenters. The summed E-state index contributed by atoms with van der Waals surface area (Å²) in [6, 6.07) is 18.6. The monoisotopic (exact) mass is 486 g/mol. The van der Waals surface area contributed by atoms with Gasteiger partial charge in [-0.15, -0.1) is 0 Å². The third-order valence-corrected chi connectivity index (χ3v) is 6.55. The first-order chi connectivity index (χ1) is 17.4. The van der Waals surface area contributed by atoms with Crippen LogP contribution in [0.15, 0.2) is 66.9 Å². The average Bonchev–Trinajstić information content (AvgIpc) is 2.90. The quantitative estimate of drug-likeness (QED) is 0.502. The van der Waals surface area contributed by atoms with Crippen molar-refractivity contribution in [2.24, 2.45) is 0 Å². The van der Waals surface area contributed by atoms with Gasteiger partial charge in [0, 0.05) is 32.7 Å². The van der Waals surface area contributed by atoms with Gasteiger partial charge in [0.15, 0.2) is 0 Å². The van der Waals surface area contributed by atoms with Crippen molar-refractivity contribution in [2.45, 2.75) is 18.9 Å². The normalized spacial score (nSPS) is 15.7. The molecule has 2 aromatic carbocycles. The number of pyridine rings is 1. The summed E-state index contributed by atoms with van der Waals surface area (Å²) in [6.45, 7) is 6.39. The number of rotatable bonds is 8. The van der Waals surface area contributed by atoms with E-state index >= 15 is 0 Å². The lowest BCUT2D eigenvalue weighted by atomic mass is 9.98. The van der Waals surface area contributed by atoms with Gasteiger partial charge in [-0.2, -0.15) is 5.26 Å². The van der Waals surface area contributed by atoms with E-state index in [4.69, 9.17) is 5.26 Å². The molecule has 1 aromatic heterocycles. The SMILES string of the molecule is C[C@H](CN[C@@H](C(=O)Nc1ccc(N2CCN(C)CC2)cn1)c1cccc(F)c1)c1ccc(C#N)cc1. The summed E-state index contributed by atoms with van der Waals surface area (Å²) in [5, 5.41) is 15.2. The van der Waals surface area contributed by atoms with Gasteiger partial charge in [0.05, 0.1) is 23.5 Å². The number of anilines is 2. The third-order valence-electron chi connectivity index (χ3n) is 6.55. The predicted octanol–water partition coefficient (Wildman–Crippen LogP) is 3.92. The van der Waals surface area contributed by atoms with Gasteiger partial charge in [0.1, 0.15) is 17.7 Å². The number of nitrogens with one attached hydrogen (secondary N) is 2. The molecule has 3 aromatic rings. The maximum atomic E-state index is 14.0. The summed E-state index contributed by atoms with van der Waals surface area (Å²) in [5.41, 5.74) is 3.20. The van der Waals surface area contributed by atoms with Gasteiger partial charge in [-0.3, -0.25) is 4.79 Å². The summed E-state index contributed by atoms with van der Waals surface area (Å²) >= 11 is 0. The van der Waals surface area contributed by atoms with E-state index in [2.05, 4.69) is 38.5 Å². The second-order valence-corrected chi connectivity index (χ2v) is 9.21.